The maximum absolute atomic E-state index is 12.0. The van der Waals surface area contributed by atoms with Crippen molar-refractivity contribution in [1.82, 2.24) is 14.8 Å². The number of aliphatic hydroxyl groups is 2. The molecule has 0 radical (unpaired) electrons. The Kier molecular flexibility index (Phi) is 4.98. The molecule has 2 aromatic rings. The predicted molar refractivity (Wildman–Crippen MR) is 85.9 cm³/mol. The van der Waals surface area contributed by atoms with Gasteiger partial charge >= 0.3 is 5.97 Å². The highest BCUT2D eigenvalue weighted by atomic mass is 16.6. The van der Waals surface area contributed by atoms with Gasteiger partial charge in [0.25, 0.3) is 5.91 Å². The van der Waals surface area contributed by atoms with Crippen molar-refractivity contribution in [2.24, 2.45) is 5.73 Å². The summed E-state index contributed by atoms with van der Waals surface area (Å²) in [5.74, 6) is -1.65. The zero-order valence-electron chi connectivity index (χ0n) is 13.8. The summed E-state index contributed by atoms with van der Waals surface area (Å²) in [5, 5.41) is 24.0. The molecule has 3 rings (SSSR count). The number of amides is 1. The Hall–Kier alpha value is -2.82. The molecule has 10 nitrogen and oxygen atoms in total. The summed E-state index contributed by atoms with van der Waals surface area (Å²) in [5.41, 5.74) is 6.44. The van der Waals surface area contributed by atoms with Crippen LogP contribution >= 0.6 is 0 Å². The molecule has 1 saturated heterocycles. The Balaban J connectivity index is 1.63. The zero-order valence-corrected chi connectivity index (χ0v) is 13.8. The van der Waals surface area contributed by atoms with Gasteiger partial charge in [-0.25, -0.2) is 14.5 Å². The molecule has 0 aliphatic carbocycles. The summed E-state index contributed by atoms with van der Waals surface area (Å²) >= 11 is 0. The van der Waals surface area contributed by atoms with Gasteiger partial charge in [0.1, 0.15) is 31.2 Å². The smallest absolute Gasteiger partial charge is 0.338 e. The number of nitrogens with two attached hydrogens (primary N) is 1. The molecule has 1 aromatic heterocycles. The van der Waals surface area contributed by atoms with E-state index in [2.05, 4.69) is 10.1 Å². The number of hydrogen-bond acceptors (Lipinski definition) is 8. The number of aliphatic hydroxyl groups excluding tert-OH is 2. The fraction of sp³-hybridized carbons (Fsp3) is 0.375. The van der Waals surface area contributed by atoms with Gasteiger partial charge in [0.05, 0.1) is 5.56 Å². The monoisotopic (exact) mass is 362 g/mol. The molecule has 4 N–H and O–H groups in total. The van der Waals surface area contributed by atoms with Gasteiger partial charge in [-0.2, -0.15) is 0 Å². The standard InChI is InChI=1S/C16H18N4O6/c1-8-2-4-9(5-3-8)16(24)25-6-10-11(21)12(22)15(26-10)20-7-18-14(19-20)13(17)23/h2-5,7,10-12,15,21-22H,6H2,1H3,(H2,17,23)/t10-,11-,12-,15-/m1/s1. The predicted octanol–water partition coefficient (Wildman–Crippen LogP) is -0.838. The molecule has 1 aliphatic heterocycles. The third-order valence-electron chi connectivity index (χ3n) is 3.99. The lowest BCUT2D eigenvalue weighted by Crippen LogP contribution is -2.34. The van der Waals surface area contributed by atoms with Crippen molar-refractivity contribution in [1.29, 1.82) is 0 Å². The molecule has 1 aromatic carbocycles. The van der Waals surface area contributed by atoms with E-state index in [9.17, 15) is 19.8 Å². The number of aryl methyl sites for hydroxylation is 1. The Labute approximate surface area is 148 Å². The summed E-state index contributed by atoms with van der Waals surface area (Å²) in [4.78, 5) is 26.8. The Bertz CT molecular complexity index is 805. The van der Waals surface area contributed by atoms with E-state index in [1.807, 2.05) is 6.92 Å². The molecule has 4 atom stereocenters. The van der Waals surface area contributed by atoms with E-state index in [0.29, 0.717) is 5.56 Å². The van der Waals surface area contributed by atoms with Gasteiger partial charge in [-0.05, 0) is 19.1 Å². The van der Waals surface area contributed by atoms with E-state index < -0.39 is 36.4 Å². The molecule has 0 saturated carbocycles. The number of ether oxygens (including phenoxy) is 2. The second-order valence-electron chi connectivity index (χ2n) is 5.92. The lowest BCUT2D eigenvalue weighted by atomic mass is 10.1. The molecule has 0 spiro atoms. The Morgan fingerprint density at radius 2 is 1.96 bits per heavy atom. The van der Waals surface area contributed by atoms with Crippen LogP contribution in [0.15, 0.2) is 30.6 Å². The molecular formula is C16H18N4O6. The molecule has 138 valence electrons. The second-order valence-corrected chi connectivity index (χ2v) is 5.92. The number of primary amides is 1. The van der Waals surface area contributed by atoms with E-state index in [4.69, 9.17) is 15.2 Å². The molecule has 1 fully saturated rings. The topological polar surface area (TPSA) is 150 Å². The fourth-order valence-corrected chi connectivity index (χ4v) is 2.53. The van der Waals surface area contributed by atoms with Crippen LogP contribution in [-0.2, 0) is 9.47 Å². The first-order valence-corrected chi connectivity index (χ1v) is 7.83. The first-order valence-electron chi connectivity index (χ1n) is 7.83. The van der Waals surface area contributed by atoms with Gasteiger partial charge in [0.15, 0.2) is 6.23 Å². The number of carbonyl (C=O) groups excluding carboxylic acids is 2. The SMILES string of the molecule is Cc1ccc(C(=O)OC[C@H]2O[C@@H](n3cnc(C(N)=O)n3)[C@H](O)[C@@H]2O)cc1. The summed E-state index contributed by atoms with van der Waals surface area (Å²) in [6.45, 7) is 1.63. The summed E-state index contributed by atoms with van der Waals surface area (Å²) in [7, 11) is 0. The number of benzene rings is 1. The van der Waals surface area contributed by atoms with Crippen LogP contribution in [-0.4, -0.2) is 61.8 Å². The molecule has 1 aliphatic rings. The molecule has 1 amide bonds. The van der Waals surface area contributed by atoms with E-state index in [0.717, 1.165) is 16.6 Å². The quantitative estimate of drug-likeness (QED) is 0.583. The number of aromatic nitrogens is 3. The summed E-state index contributed by atoms with van der Waals surface area (Å²) < 4.78 is 11.7. The minimum Gasteiger partial charge on any atom is -0.459 e. The van der Waals surface area contributed by atoms with Crippen LogP contribution in [0.4, 0.5) is 0 Å². The fourth-order valence-electron chi connectivity index (χ4n) is 2.53. The molecule has 0 bridgehead atoms. The van der Waals surface area contributed by atoms with Crippen molar-refractivity contribution in [3.63, 3.8) is 0 Å². The Morgan fingerprint density at radius 3 is 2.58 bits per heavy atom. The highest BCUT2D eigenvalue weighted by Crippen LogP contribution is 2.29. The van der Waals surface area contributed by atoms with E-state index in [1.165, 1.54) is 0 Å². The van der Waals surface area contributed by atoms with Gasteiger partial charge in [-0.1, -0.05) is 17.7 Å². The van der Waals surface area contributed by atoms with Crippen LogP contribution in [0.2, 0.25) is 0 Å². The maximum Gasteiger partial charge on any atom is 0.338 e. The molecule has 2 heterocycles. The number of esters is 1. The van der Waals surface area contributed by atoms with Crippen molar-refractivity contribution in [3.8, 4) is 0 Å². The highest BCUT2D eigenvalue weighted by molar-refractivity contribution is 5.89. The number of carbonyl (C=O) groups is 2. The minimum atomic E-state index is -1.35. The van der Waals surface area contributed by atoms with E-state index in [1.54, 1.807) is 24.3 Å². The van der Waals surface area contributed by atoms with Crippen molar-refractivity contribution < 1.29 is 29.3 Å². The summed E-state index contributed by atoms with van der Waals surface area (Å²) in [6, 6.07) is 6.81. The first-order chi connectivity index (χ1) is 12.4. The van der Waals surface area contributed by atoms with Gasteiger partial charge in [0, 0.05) is 0 Å². The van der Waals surface area contributed by atoms with Crippen LogP contribution in [0.5, 0.6) is 0 Å². The summed E-state index contributed by atoms with van der Waals surface area (Å²) in [6.07, 6.45) is -3.56. The van der Waals surface area contributed by atoms with Crippen molar-refractivity contribution in [3.05, 3.63) is 47.5 Å². The Morgan fingerprint density at radius 1 is 1.27 bits per heavy atom. The average molecular weight is 362 g/mol. The van der Waals surface area contributed by atoms with Crippen LogP contribution < -0.4 is 5.73 Å². The van der Waals surface area contributed by atoms with Crippen molar-refractivity contribution in [2.45, 2.75) is 31.5 Å². The van der Waals surface area contributed by atoms with Gasteiger partial charge in [-0.15, -0.1) is 5.10 Å². The van der Waals surface area contributed by atoms with E-state index in [-0.39, 0.29) is 12.4 Å². The first kappa shape index (κ1) is 18.0. The van der Waals surface area contributed by atoms with Crippen molar-refractivity contribution in [2.75, 3.05) is 6.61 Å². The number of rotatable bonds is 5. The number of hydrogen-bond donors (Lipinski definition) is 3. The normalized spacial score (nSPS) is 25.2. The maximum atomic E-state index is 12.0. The largest absolute Gasteiger partial charge is 0.459 e. The average Bonchev–Trinajstić information content (AvgIpc) is 3.20. The molecule has 0 unspecified atom stereocenters. The van der Waals surface area contributed by atoms with Crippen LogP contribution in [0.3, 0.4) is 0 Å². The minimum absolute atomic E-state index is 0.246. The number of nitrogens with zero attached hydrogens (tertiary/aromatic N) is 3. The van der Waals surface area contributed by atoms with Gasteiger partial charge in [-0.3, -0.25) is 4.79 Å². The molecule has 10 heteroatoms. The van der Waals surface area contributed by atoms with Crippen LogP contribution in [0.1, 0.15) is 32.8 Å². The third kappa shape index (κ3) is 3.57. The van der Waals surface area contributed by atoms with Crippen LogP contribution in [0.25, 0.3) is 0 Å². The van der Waals surface area contributed by atoms with Gasteiger partial charge in [0.2, 0.25) is 5.82 Å². The molecule has 26 heavy (non-hydrogen) atoms. The third-order valence-corrected chi connectivity index (χ3v) is 3.99. The molecular weight excluding hydrogens is 344 g/mol. The lowest BCUT2D eigenvalue weighted by molar-refractivity contribution is -0.0632. The van der Waals surface area contributed by atoms with Crippen LogP contribution in [0, 0.1) is 6.92 Å². The van der Waals surface area contributed by atoms with Crippen molar-refractivity contribution >= 4 is 11.9 Å². The second kappa shape index (κ2) is 7.20. The lowest BCUT2D eigenvalue weighted by Gasteiger charge is -2.14. The highest BCUT2D eigenvalue weighted by Gasteiger charge is 2.45. The van der Waals surface area contributed by atoms with Gasteiger partial charge < -0.3 is 25.4 Å². The van der Waals surface area contributed by atoms with E-state index >= 15 is 0 Å². The zero-order chi connectivity index (χ0) is 18.8.